The van der Waals surface area contributed by atoms with Gasteiger partial charge in [-0.3, -0.25) is 9.59 Å². The zero-order valence-corrected chi connectivity index (χ0v) is 20.0. The fraction of sp³-hybridized carbons (Fsp3) is 0.120. The fourth-order valence-electron chi connectivity index (χ4n) is 2.97. The number of nitriles is 1. The molecule has 12 heteroatoms. The zero-order valence-electron chi connectivity index (χ0n) is 19.2. The number of hydrogen-bond acceptors (Lipinski definition) is 7. The number of carbonyl (C=O) groups is 2. The second-order valence-electron chi connectivity index (χ2n) is 7.36. The lowest BCUT2D eigenvalue weighted by molar-refractivity contribution is -0.137. The molecule has 0 aliphatic rings. The van der Waals surface area contributed by atoms with Crippen LogP contribution in [0.2, 0.25) is 0 Å². The molecule has 3 aromatic carbocycles. The van der Waals surface area contributed by atoms with Crippen molar-refractivity contribution >= 4 is 35.5 Å². The lowest BCUT2D eigenvalue weighted by atomic mass is 10.1. The Morgan fingerprint density at radius 2 is 1.86 bits per heavy atom. The number of thioether (sulfide) groups is 1. The predicted octanol–water partition coefficient (Wildman–Crippen LogP) is 4.79. The number of rotatable bonds is 8. The first-order valence-corrected chi connectivity index (χ1v) is 11.4. The predicted molar refractivity (Wildman–Crippen MR) is 132 cm³/mol. The van der Waals surface area contributed by atoms with Crippen molar-refractivity contribution in [3.8, 4) is 17.6 Å². The first-order valence-electron chi connectivity index (χ1n) is 10.4. The van der Waals surface area contributed by atoms with Gasteiger partial charge in [0.2, 0.25) is 5.91 Å². The van der Waals surface area contributed by atoms with Gasteiger partial charge in [0.05, 0.1) is 30.2 Å². The largest absolute Gasteiger partial charge is 0.507 e. The van der Waals surface area contributed by atoms with Gasteiger partial charge in [-0.05, 0) is 54.6 Å². The minimum Gasteiger partial charge on any atom is -0.507 e. The van der Waals surface area contributed by atoms with Crippen LogP contribution >= 0.6 is 11.8 Å². The van der Waals surface area contributed by atoms with Crippen molar-refractivity contribution in [3.05, 3.63) is 82.9 Å². The summed E-state index contributed by atoms with van der Waals surface area (Å²) < 4.78 is 43.3. The molecule has 8 nitrogen and oxygen atoms in total. The Labute approximate surface area is 213 Å². The number of benzene rings is 3. The Bertz CT molecular complexity index is 1370. The summed E-state index contributed by atoms with van der Waals surface area (Å²) in [6, 6.07) is 14.8. The number of amides is 2. The summed E-state index contributed by atoms with van der Waals surface area (Å²) in [4.78, 5) is 25.0. The van der Waals surface area contributed by atoms with Crippen molar-refractivity contribution in [2.45, 2.75) is 11.1 Å². The molecular weight excluding hydrogens is 509 g/mol. The third kappa shape index (κ3) is 7.49. The number of aromatic hydroxyl groups is 1. The summed E-state index contributed by atoms with van der Waals surface area (Å²) in [5, 5.41) is 25.0. The van der Waals surface area contributed by atoms with E-state index in [1.165, 1.54) is 43.7 Å². The molecule has 0 atom stereocenters. The molecule has 0 saturated carbocycles. The number of methoxy groups -OCH3 is 1. The smallest absolute Gasteiger partial charge is 0.416 e. The van der Waals surface area contributed by atoms with E-state index in [0.29, 0.717) is 21.9 Å². The SMILES string of the molecule is COc1cc(NC(=O)CSc2ccc(C(F)(F)F)cc2)ccc1C=NNC(=O)c1ccc(O)c(C#N)c1. The van der Waals surface area contributed by atoms with E-state index in [-0.39, 0.29) is 28.5 Å². The fourth-order valence-corrected chi connectivity index (χ4v) is 3.67. The van der Waals surface area contributed by atoms with Crippen molar-refractivity contribution < 1.29 is 32.6 Å². The molecule has 0 spiro atoms. The lowest BCUT2D eigenvalue weighted by Gasteiger charge is -2.10. The maximum absolute atomic E-state index is 12.7. The Morgan fingerprint density at radius 3 is 2.51 bits per heavy atom. The number of nitrogens with one attached hydrogen (secondary N) is 2. The Hall–Kier alpha value is -4.50. The molecule has 0 unspecified atom stereocenters. The standard InChI is InChI=1S/C25H19F3N4O4S/c1-36-22-11-19(31-23(34)14-37-20-7-4-18(5-8-20)25(26,27)28)6-2-16(22)13-30-32-24(35)15-3-9-21(33)17(10-15)12-29/h2-11,13,33H,14H2,1H3,(H,31,34)(H,32,35). The molecular formula is C25H19F3N4O4S. The van der Waals surface area contributed by atoms with Crippen LogP contribution in [0.4, 0.5) is 18.9 Å². The van der Waals surface area contributed by atoms with Gasteiger partial charge >= 0.3 is 6.18 Å². The molecule has 0 saturated heterocycles. The van der Waals surface area contributed by atoms with Gasteiger partial charge in [0.1, 0.15) is 17.6 Å². The zero-order chi connectivity index (χ0) is 27.0. The molecule has 190 valence electrons. The monoisotopic (exact) mass is 528 g/mol. The minimum atomic E-state index is -4.42. The van der Waals surface area contributed by atoms with Crippen molar-refractivity contribution in [2.75, 3.05) is 18.2 Å². The van der Waals surface area contributed by atoms with Gasteiger partial charge in [-0.15, -0.1) is 11.8 Å². The van der Waals surface area contributed by atoms with Crippen molar-refractivity contribution in [3.63, 3.8) is 0 Å². The van der Waals surface area contributed by atoms with Crippen LogP contribution in [0.25, 0.3) is 0 Å². The van der Waals surface area contributed by atoms with Crippen LogP contribution < -0.4 is 15.5 Å². The molecule has 2 amide bonds. The number of anilines is 1. The molecule has 0 aromatic heterocycles. The van der Waals surface area contributed by atoms with E-state index >= 15 is 0 Å². The first kappa shape index (κ1) is 27.1. The van der Waals surface area contributed by atoms with E-state index in [2.05, 4.69) is 15.8 Å². The number of halogens is 3. The maximum atomic E-state index is 12.7. The minimum absolute atomic E-state index is 0.0201. The molecule has 0 heterocycles. The third-order valence-corrected chi connectivity index (χ3v) is 5.83. The average molecular weight is 529 g/mol. The van der Waals surface area contributed by atoms with Crippen molar-refractivity contribution in [1.82, 2.24) is 5.43 Å². The van der Waals surface area contributed by atoms with Crippen LogP contribution in [0, 0.1) is 11.3 Å². The highest BCUT2D eigenvalue weighted by atomic mass is 32.2. The molecule has 0 bridgehead atoms. The highest BCUT2D eigenvalue weighted by Gasteiger charge is 2.29. The molecule has 3 rings (SSSR count). The normalized spacial score (nSPS) is 11.1. The Balaban J connectivity index is 1.57. The van der Waals surface area contributed by atoms with E-state index in [4.69, 9.17) is 10.00 Å². The maximum Gasteiger partial charge on any atom is 0.416 e. The lowest BCUT2D eigenvalue weighted by Crippen LogP contribution is -2.17. The molecule has 0 aliphatic carbocycles. The number of hydrazone groups is 1. The molecule has 0 radical (unpaired) electrons. The number of hydrogen-bond donors (Lipinski definition) is 3. The van der Waals surface area contributed by atoms with E-state index in [1.54, 1.807) is 24.3 Å². The van der Waals surface area contributed by atoms with Crippen LogP contribution in [0.5, 0.6) is 11.5 Å². The molecule has 0 fully saturated rings. The van der Waals surface area contributed by atoms with Crippen LogP contribution in [-0.2, 0) is 11.0 Å². The van der Waals surface area contributed by atoms with Crippen LogP contribution in [0.3, 0.4) is 0 Å². The van der Waals surface area contributed by atoms with E-state index in [1.807, 2.05) is 0 Å². The van der Waals surface area contributed by atoms with Crippen LogP contribution in [0.1, 0.15) is 27.0 Å². The Morgan fingerprint density at radius 1 is 1.14 bits per heavy atom. The molecule has 37 heavy (non-hydrogen) atoms. The van der Waals surface area contributed by atoms with Gasteiger partial charge in [0, 0.05) is 27.8 Å². The summed E-state index contributed by atoms with van der Waals surface area (Å²) in [6.07, 6.45) is -3.09. The summed E-state index contributed by atoms with van der Waals surface area (Å²) >= 11 is 1.09. The summed E-state index contributed by atoms with van der Waals surface area (Å²) in [6.45, 7) is 0. The topological polar surface area (TPSA) is 124 Å². The van der Waals surface area contributed by atoms with E-state index in [0.717, 1.165) is 23.9 Å². The van der Waals surface area contributed by atoms with Crippen molar-refractivity contribution in [2.24, 2.45) is 5.10 Å². The number of nitrogens with zero attached hydrogens (tertiary/aromatic N) is 2. The first-order chi connectivity index (χ1) is 17.6. The Kier molecular flexibility index (Phi) is 8.76. The van der Waals surface area contributed by atoms with Gasteiger partial charge in [0.15, 0.2) is 0 Å². The summed E-state index contributed by atoms with van der Waals surface area (Å²) in [7, 11) is 1.41. The van der Waals surface area contributed by atoms with Gasteiger partial charge in [-0.1, -0.05) is 0 Å². The average Bonchev–Trinajstić information content (AvgIpc) is 2.88. The highest BCUT2D eigenvalue weighted by Crippen LogP contribution is 2.31. The summed E-state index contributed by atoms with van der Waals surface area (Å²) in [5.41, 5.74) is 2.54. The van der Waals surface area contributed by atoms with Crippen LogP contribution in [-0.4, -0.2) is 36.0 Å². The van der Waals surface area contributed by atoms with Crippen LogP contribution in [0.15, 0.2) is 70.7 Å². The quantitative estimate of drug-likeness (QED) is 0.220. The van der Waals surface area contributed by atoms with Gasteiger partial charge in [-0.2, -0.15) is 23.5 Å². The van der Waals surface area contributed by atoms with Gasteiger partial charge in [-0.25, -0.2) is 5.43 Å². The van der Waals surface area contributed by atoms with Gasteiger partial charge in [0.25, 0.3) is 5.91 Å². The molecule has 0 aliphatic heterocycles. The highest BCUT2D eigenvalue weighted by molar-refractivity contribution is 8.00. The van der Waals surface area contributed by atoms with E-state index < -0.39 is 17.6 Å². The molecule has 3 N–H and O–H groups in total. The molecule has 3 aromatic rings. The summed E-state index contributed by atoms with van der Waals surface area (Å²) in [5.74, 6) is -0.874. The van der Waals surface area contributed by atoms with Gasteiger partial charge < -0.3 is 15.2 Å². The number of phenolic OH excluding ortho intramolecular Hbond substituents is 1. The van der Waals surface area contributed by atoms with E-state index in [9.17, 15) is 27.9 Å². The third-order valence-electron chi connectivity index (χ3n) is 4.82. The second kappa shape index (κ2) is 12.0. The number of alkyl halides is 3. The number of phenols is 1. The number of carbonyl (C=O) groups excluding carboxylic acids is 2. The second-order valence-corrected chi connectivity index (χ2v) is 8.41. The number of ether oxygens (including phenoxy) is 1. The van der Waals surface area contributed by atoms with Crippen molar-refractivity contribution in [1.29, 1.82) is 5.26 Å².